The van der Waals surface area contributed by atoms with Crippen molar-refractivity contribution >= 4 is 23.4 Å². The lowest BCUT2D eigenvalue weighted by atomic mass is 9.73. The minimum Gasteiger partial charge on any atom is -0.396 e. The molecule has 0 radical (unpaired) electrons. The van der Waals surface area contributed by atoms with E-state index in [-0.39, 0.29) is 30.9 Å². The molecular weight excluding hydrogens is 524 g/mol. The second kappa shape index (κ2) is 11.3. The van der Waals surface area contributed by atoms with Gasteiger partial charge in [0, 0.05) is 58.1 Å². The van der Waals surface area contributed by atoms with Crippen LogP contribution in [-0.4, -0.2) is 120 Å². The van der Waals surface area contributed by atoms with Gasteiger partial charge in [-0.1, -0.05) is 49.4 Å². The molecule has 1 aromatic carbocycles. The van der Waals surface area contributed by atoms with Crippen molar-refractivity contribution < 1.29 is 29.0 Å². The number of benzene rings is 1. The Balaban J connectivity index is 1.38. The van der Waals surface area contributed by atoms with Gasteiger partial charge in [0.05, 0.1) is 30.7 Å². The molecule has 0 saturated carbocycles. The quantitative estimate of drug-likeness (QED) is 0.471. The fraction of sp³-hybridized carbons (Fsp3) is 0.581. The van der Waals surface area contributed by atoms with Crippen LogP contribution >= 0.6 is 0 Å². The minimum absolute atomic E-state index is 0.106. The zero-order valence-corrected chi connectivity index (χ0v) is 23.7. The highest BCUT2D eigenvalue weighted by Crippen LogP contribution is 2.58. The molecule has 0 aromatic heterocycles. The standard InChI is InChI=1S/C31H40N4O6/c1-2-30-11-6-14-34(23-9-4-3-5-10-23)27(37)24(30)25-28(38)35(15-8-20-36)26-29(39)33(13-7-12-31(25,26)41-30)17-16-32-18-21-40-22-19-32/h3-7,9-12,24-26,36H,2,8,13-22H2,1H3/t24-,25+,26?,30+,31+/m1/s1. The first-order valence-electron chi connectivity index (χ1n) is 14.9. The van der Waals surface area contributed by atoms with Crippen molar-refractivity contribution in [2.24, 2.45) is 11.8 Å². The Morgan fingerprint density at radius 2 is 1.66 bits per heavy atom. The van der Waals surface area contributed by atoms with Gasteiger partial charge in [0.2, 0.25) is 17.7 Å². The van der Waals surface area contributed by atoms with Crippen molar-refractivity contribution in [3.63, 3.8) is 0 Å². The summed E-state index contributed by atoms with van der Waals surface area (Å²) in [5.74, 6) is -2.25. The summed E-state index contributed by atoms with van der Waals surface area (Å²) in [4.78, 5) is 50.6. The van der Waals surface area contributed by atoms with Gasteiger partial charge in [0.25, 0.3) is 0 Å². The van der Waals surface area contributed by atoms with Crippen LogP contribution in [-0.2, 0) is 23.9 Å². The summed E-state index contributed by atoms with van der Waals surface area (Å²) in [7, 11) is 0. The Morgan fingerprint density at radius 1 is 0.902 bits per heavy atom. The predicted octanol–water partition coefficient (Wildman–Crippen LogP) is 1.06. The molecule has 41 heavy (non-hydrogen) atoms. The van der Waals surface area contributed by atoms with Gasteiger partial charge in [-0.25, -0.2) is 0 Å². The summed E-state index contributed by atoms with van der Waals surface area (Å²) in [6, 6.07) is 8.57. The molecule has 1 spiro atoms. The van der Waals surface area contributed by atoms with E-state index in [0.717, 1.165) is 18.8 Å². The average molecular weight is 565 g/mol. The Morgan fingerprint density at radius 3 is 2.39 bits per heavy atom. The summed E-state index contributed by atoms with van der Waals surface area (Å²) >= 11 is 0. The van der Waals surface area contributed by atoms with Gasteiger partial charge < -0.3 is 29.3 Å². The van der Waals surface area contributed by atoms with Crippen molar-refractivity contribution in [1.82, 2.24) is 14.7 Å². The predicted molar refractivity (Wildman–Crippen MR) is 152 cm³/mol. The number of anilines is 1. The van der Waals surface area contributed by atoms with E-state index in [2.05, 4.69) is 4.90 Å². The van der Waals surface area contributed by atoms with Crippen LogP contribution in [0.5, 0.6) is 0 Å². The third kappa shape index (κ3) is 4.61. The summed E-state index contributed by atoms with van der Waals surface area (Å²) in [5, 5.41) is 9.65. The zero-order chi connectivity index (χ0) is 28.6. The number of nitrogens with zero attached hydrogens (tertiary/aromatic N) is 4. The number of para-hydroxylation sites is 1. The monoisotopic (exact) mass is 564 g/mol. The lowest BCUT2D eigenvalue weighted by molar-refractivity contribution is -0.152. The second-order valence-corrected chi connectivity index (χ2v) is 11.6. The highest BCUT2D eigenvalue weighted by atomic mass is 16.5. The number of carbonyl (C=O) groups is 3. The van der Waals surface area contributed by atoms with Crippen LogP contribution in [0.3, 0.4) is 0 Å². The van der Waals surface area contributed by atoms with Crippen LogP contribution in [0.25, 0.3) is 0 Å². The molecule has 3 fully saturated rings. The SMILES string of the molecule is CC[C@]12C=CCN(c3ccccc3)C(=O)[C@H]1[C@H]1C(=O)N(CCCO)C3C(=O)N(CCN4CCOCC4)CC=C[C@@]31O2. The van der Waals surface area contributed by atoms with Crippen LogP contribution in [0.15, 0.2) is 54.6 Å². The third-order valence-electron chi connectivity index (χ3n) is 9.44. The molecule has 0 bridgehead atoms. The van der Waals surface area contributed by atoms with E-state index in [4.69, 9.17) is 9.47 Å². The number of aliphatic hydroxyl groups is 1. The summed E-state index contributed by atoms with van der Waals surface area (Å²) < 4.78 is 12.5. The highest BCUT2D eigenvalue weighted by molar-refractivity contribution is 6.04. The van der Waals surface area contributed by atoms with Crippen molar-refractivity contribution in [2.45, 2.75) is 37.0 Å². The van der Waals surface area contributed by atoms with E-state index in [1.807, 2.05) is 61.6 Å². The number of rotatable bonds is 8. The average Bonchev–Trinajstić information content (AvgIpc) is 3.29. The summed E-state index contributed by atoms with van der Waals surface area (Å²) in [6.45, 7) is 7.11. The van der Waals surface area contributed by atoms with Crippen LogP contribution in [0, 0.1) is 11.8 Å². The van der Waals surface area contributed by atoms with Crippen molar-refractivity contribution in [3.8, 4) is 0 Å². The highest BCUT2D eigenvalue weighted by Gasteiger charge is 2.75. The van der Waals surface area contributed by atoms with Gasteiger partial charge in [-0.15, -0.1) is 0 Å². The van der Waals surface area contributed by atoms with Crippen molar-refractivity contribution in [1.29, 1.82) is 0 Å². The van der Waals surface area contributed by atoms with Gasteiger partial charge in [-0.2, -0.15) is 0 Å². The Bertz CT molecular complexity index is 1220. The molecule has 6 rings (SSSR count). The molecule has 220 valence electrons. The molecule has 0 aliphatic carbocycles. The van der Waals surface area contributed by atoms with Crippen LogP contribution in [0.1, 0.15) is 19.8 Å². The van der Waals surface area contributed by atoms with Crippen LogP contribution < -0.4 is 4.90 Å². The fourth-order valence-corrected chi connectivity index (χ4v) is 7.42. The van der Waals surface area contributed by atoms with Gasteiger partial charge in [-0.05, 0) is 25.0 Å². The zero-order valence-electron chi connectivity index (χ0n) is 23.7. The third-order valence-corrected chi connectivity index (χ3v) is 9.44. The number of hydrogen-bond acceptors (Lipinski definition) is 7. The van der Waals surface area contributed by atoms with E-state index < -0.39 is 29.1 Å². The molecule has 3 saturated heterocycles. The number of carbonyl (C=O) groups excluding carboxylic acids is 3. The molecule has 10 heteroatoms. The van der Waals surface area contributed by atoms with E-state index in [1.165, 1.54) is 0 Å². The summed E-state index contributed by atoms with van der Waals surface area (Å²) in [5.41, 5.74) is -1.54. The van der Waals surface area contributed by atoms with Crippen molar-refractivity contribution in [3.05, 3.63) is 54.6 Å². The van der Waals surface area contributed by atoms with Gasteiger partial charge in [0.1, 0.15) is 11.6 Å². The minimum atomic E-state index is -1.28. The number of ether oxygens (including phenoxy) is 2. The molecule has 1 unspecified atom stereocenters. The van der Waals surface area contributed by atoms with E-state index in [0.29, 0.717) is 52.2 Å². The molecule has 1 N–H and O–H groups in total. The van der Waals surface area contributed by atoms with Crippen LogP contribution in [0.2, 0.25) is 0 Å². The molecular formula is C31H40N4O6. The maximum Gasteiger partial charge on any atom is 0.249 e. The lowest BCUT2D eigenvalue weighted by Crippen LogP contribution is -2.57. The Labute approximate surface area is 241 Å². The number of fused-ring (bicyclic) bond motifs is 2. The normalized spacial score (nSPS) is 33.6. The van der Waals surface area contributed by atoms with Crippen molar-refractivity contribution in [2.75, 3.05) is 70.5 Å². The summed E-state index contributed by atoms with van der Waals surface area (Å²) in [6.07, 6.45) is 8.56. The van der Waals surface area contributed by atoms with E-state index in [9.17, 15) is 19.5 Å². The number of amides is 3. The topological polar surface area (TPSA) is 103 Å². The fourth-order valence-electron chi connectivity index (χ4n) is 7.42. The molecule has 5 aliphatic rings. The Hall–Kier alpha value is -3.05. The van der Waals surface area contributed by atoms with E-state index in [1.54, 1.807) is 14.7 Å². The van der Waals surface area contributed by atoms with Crippen LogP contribution in [0.4, 0.5) is 5.69 Å². The number of aliphatic hydroxyl groups excluding tert-OH is 1. The van der Waals surface area contributed by atoms with E-state index >= 15 is 0 Å². The largest absolute Gasteiger partial charge is 0.396 e. The number of morpholine rings is 1. The Kier molecular flexibility index (Phi) is 7.76. The first kappa shape index (κ1) is 28.1. The number of likely N-dealkylation sites (tertiary alicyclic amines) is 1. The number of hydrogen-bond donors (Lipinski definition) is 1. The lowest BCUT2D eigenvalue weighted by Gasteiger charge is -2.38. The van der Waals surface area contributed by atoms with Gasteiger partial charge in [-0.3, -0.25) is 19.3 Å². The molecule has 3 amide bonds. The first-order valence-corrected chi connectivity index (χ1v) is 14.9. The molecule has 5 atom stereocenters. The molecule has 1 aromatic rings. The molecule has 10 nitrogen and oxygen atoms in total. The molecule has 5 aliphatic heterocycles. The second-order valence-electron chi connectivity index (χ2n) is 11.6. The molecule has 5 heterocycles. The van der Waals surface area contributed by atoms with Gasteiger partial charge >= 0.3 is 0 Å². The van der Waals surface area contributed by atoms with Gasteiger partial charge in [0.15, 0.2) is 0 Å². The maximum absolute atomic E-state index is 14.4. The smallest absolute Gasteiger partial charge is 0.249 e. The maximum atomic E-state index is 14.4. The first-order chi connectivity index (χ1) is 20.0.